The van der Waals surface area contributed by atoms with Crippen LogP contribution in [0.3, 0.4) is 0 Å². The molecule has 0 aromatic heterocycles. The first kappa shape index (κ1) is 20.2. The zero-order valence-electron chi connectivity index (χ0n) is 18.1. The Morgan fingerprint density at radius 3 is 2.70 bits per heavy atom. The Hall–Kier alpha value is -3.07. The van der Waals surface area contributed by atoms with Crippen LogP contribution >= 0.6 is 0 Å². The highest BCUT2D eigenvalue weighted by Crippen LogP contribution is 2.31. The van der Waals surface area contributed by atoms with Gasteiger partial charge >= 0.3 is 0 Å². The molecule has 1 fully saturated rings. The second-order valence-electron chi connectivity index (χ2n) is 8.52. The molecule has 1 saturated carbocycles. The minimum Gasteiger partial charge on any atom is -0.371 e. The van der Waals surface area contributed by atoms with Gasteiger partial charge in [0.25, 0.3) is 5.91 Å². The van der Waals surface area contributed by atoms with Gasteiger partial charge in [0.2, 0.25) is 0 Å². The number of rotatable bonds is 5. The fourth-order valence-corrected chi connectivity index (χ4v) is 4.50. The van der Waals surface area contributed by atoms with Crippen LogP contribution in [0.5, 0.6) is 0 Å². The maximum atomic E-state index is 13.2. The van der Waals surface area contributed by atoms with Crippen molar-refractivity contribution < 1.29 is 6.22 Å². The molecule has 1 N–H and O–H groups in total. The summed E-state index contributed by atoms with van der Waals surface area (Å²) >= 11 is 0. The predicted molar refractivity (Wildman–Crippen MR) is 128 cm³/mol. The zero-order valence-corrected chi connectivity index (χ0v) is 18.1. The van der Waals surface area contributed by atoms with Crippen molar-refractivity contribution in [2.75, 3.05) is 11.9 Å². The first-order valence-electron chi connectivity index (χ1n) is 10.7. The van der Waals surface area contributed by atoms with Crippen molar-refractivity contribution in [2.24, 2.45) is 0 Å². The molecule has 156 valence electrons. The van der Waals surface area contributed by atoms with Gasteiger partial charge in [-0.2, -0.15) is 0 Å². The number of benzene rings is 3. The molecule has 3 aromatic rings. The summed E-state index contributed by atoms with van der Waals surface area (Å²) in [5.41, 5.74) is 5.27. The number of hydrogen-bond donors (Lipinski definition) is 1. The molecule has 0 heterocycles. The standard InChI is InChI=1S/C27H30N2O.H2/c1-18-12-14-22(16-18)29(4)23-15-13-19(2)26(17-23)27(30)28-20(3)24-11-7-9-21-8-5-6-10-25(21)24;/h5-11,13,15,17,20,22H,1,12,14,16H2,2-4H3,(H,28,30);1H/t20-,22?;/m1./s1. The number of carbonyl (C=O) groups excluding carboxylic acids is 1. The van der Waals surface area contributed by atoms with Crippen molar-refractivity contribution in [3.05, 3.63) is 89.5 Å². The molecule has 4 rings (SSSR count). The SMILES string of the molecule is C=C1CCC(N(C)c2ccc(C)c(C(=O)N[C@H](C)c3cccc4ccccc34)c2)C1.[HH]. The van der Waals surface area contributed by atoms with Crippen molar-refractivity contribution in [3.8, 4) is 0 Å². The summed E-state index contributed by atoms with van der Waals surface area (Å²) < 4.78 is 0. The van der Waals surface area contributed by atoms with Gasteiger partial charge in [0.05, 0.1) is 6.04 Å². The quantitative estimate of drug-likeness (QED) is 0.501. The highest BCUT2D eigenvalue weighted by molar-refractivity contribution is 5.97. The molecule has 3 aromatic carbocycles. The average molecular weight is 401 g/mol. The fraction of sp³-hybridized carbons (Fsp3) is 0.296. The summed E-state index contributed by atoms with van der Waals surface area (Å²) in [6, 6.07) is 21.1. The van der Waals surface area contributed by atoms with Crippen LogP contribution < -0.4 is 10.2 Å². The largest absolute Gasteiger partial charge is 0.371 e. The number of fused-ring (bicyclic) bond motifs is 1. The van der Waals surface area contributed by atoms with Gasteiger partial charge < -0.3 is 10.2 Å². The van der Waals surface area contributed by atoms with Crippen LogP contribution in [0, 0.1) is 6.92 Å². The number of anilines is 1. The van der Waals surface area contributed by atoms with Crippen molar-refractivity contribution in [1.29, 1.82) is 0 Å². The molecular formula is C27H32N2O. The van der Waals surface area contributed by atoms with E-state index in [-0.39, 0.29) is 13.4 Å². The maximum Gasteiger partial charge on any atom is 0.252 e. The van der Waals surface area contributed by atoms with Crippen LogP contribution in [0.4, 0.5) is 5.69 Å². The summed E-state index contributed by atoms with van der Waals surface area (Å²) in [5.74, 6) is -0.0287. The number of amides is 1. The van der Waals surface area contributed by atoms with E-state index >= 15 is 0 Å². The molecule has 0 bridgehead atoms. The predicted octanol–water partition coefficient (Wildman–Crippen LogP) is 6.43. The van der Waals surface area contributed by atoms with Crippen molar-refractivity contribution in [3.63, 3.8) is 0 Å². The fourth-order valence-electron chi connectivity index (χ4n) is 4.50. The summed E-state index contributed by atoms with van der Waals surface area (Å²) in [4.78, 5) is 15.5. The van der Waals surface area contributed by atoms with E-state index in [0.29, 0.717) is 6.04 Å². The van der Waals surface area contributed by atoms with Crippen LogP contribution in [-0.2, 0) is 0 Å². The van der Waals surface area contributed by atoms with Gasteiger partial charge in [0, 0.05) is 25.8 Å². The molecule has 0 saturated heterocycles. The van der Waals surface area contributed by atoms with E-state index in [2.05, 4.69) is 67.2 Å². The van der Waals surface area contributed by atoms with E-state index in [1.54, 1.807) is 0 Å². The van der Waals surface area contributed by atoms with Gasteiger partial charge in [-0.15, -0.1) is 0 Å². The Kier molecular flexibility index (Phi) is 5.63. The third-order valence-corrected chi connectivity index (χ3v) is 6.41. The number of nitrogens with zero attached hydrogens (tertiary/aromatic N) is 1. The third kappa shape index (κ3) is 3.97. The summed E-state index contributed by atoms with van der Waals surface area (Å²) in [5, 5.41) is 5.59. The number of hydrogen-bond acceptors (Lipinski definition) is 2. The molecule has 1 aliphatic rings. The van der Waals surface area contributed by atoms with Crippen LogP contribution in [-0.4, -0.2) is 19.0 Å². The summed E-state index contributed by atoms with van der Waals surface area (Å²) in [7, 11) is 2.12. The number of carbonyl (C=O) groups is 1. The van der Waals surface area contributed by atoms with E-state index in [9.17, 15) is 4.79 Å². The molecule has 30 heavy (non-hydrogen) atoms. The Balaban J connectivity index is 0.00000272. The lowest BCUT2D eigenvalue weighted by Gasteiger charge is -2.27. The van der Waals surface area contributed by atoms with Crippen LogP contribution in [0.15, 0.2) is 72.8 Å². The van der Waals surface area contributed by atoms with E-state index in [4.69, 9.17) is 0 Å². The van der Waals surface area contributed by atoms with Crippen molar-refractivity contribution >= 4 is 22.4 Å². The van der Waals surface area contributed by atoms with E-state index < -0.39 is 0 Å². The molecule has 0 radical (unpaired) electrons. The average Bonchev–Trinajstić information content (AvgIpc) is 3.19. The minimum absolute atomic E-state index is 0. The molecule has 1 unspecified atom stereocenters. The smallest absolute Gasteiger partial charge is 0.252 e. The summed E-state index contributed by atoms with van der Waals surface area (Å²) in [6.45, 7) is 8.18. The molecule has 1 aliphatic carbocycles. The normalized spacial score (nSPS) is 17.2. The zero-order chi connectivity index (χ0) is 21.3. The number of nitrogens with one attached hydrogen (secondary N) is 1. The van der Waals surface area contributed by atoms with Gasteiger partial charge in [0.15, 0.2) is 0 Å². The molecular weight excluding hydrogens is 368 g/mol. The monoisotopic (exact) mass is 400 g/mol. The second kappa shape index (κ2) is 8.35. The van der Waals surface area contributed by atoms with Gasteiger partial charge in [-0.25, -0.2) is 0 Å². The van der Waals surface area contributed by atoms with Crippen LogP contribution in [0.2, 0.25) is 0 Å². The van der Waals surface area contributed by atoms with Crippen LogP contribution in [0.25, 0.3) is 10.8 Å². The Morgan fingerprint density at radius 1 is 1.17 bits per heavy atom. The lowest BCUT2D eigenvalue weighted by Crippen LogP contribution is -2.30. The molecule has 0 aliphatic heterocycles. The first-order chi connectivity index (χ1) is 14.4. The van der Waals surface area contributed by atoms with Gasteiger partial charge in [-0.3, -0.25) is 4.79 Å². The van der Waals surface area contributed by atoms with Gasteiger partial charge in [-0.1, -0.05) is 60.7 Å². The van der Waals surface area contributed by atoms with E-state index in [1.807, 2.05) is 31.2 Å². The number of aryl methyl sites for hydroxylation is 1. The Bertz CT molecular complexity index is 1100. The molecule has 1 amide bonds. The highest BCUT2D eigenvalue weighted by Gasteiger charge is 2.23. The Morgan fingerprint density at radius 2 is 1.93 bits per heavy atom. The lowest BCUT2D eigenvalue weighted by molar-refractivity contribution is 0.0939. The van der Waals surface area contributed by atoms with Gasteiger partial charge in [0.1, 0.15) is 0 Å². The third-order valence-electron chi connectivity index (χ3n) is 6.41. The topological polar surface area (TPSA) is 32.3 Å². The van der Waals surface area contributed by atoms with E-state index in [0.717, 1.165) is 41.6 Å². The first-order valence-corrected chi connectivity index (χ1v) is 10.7. The minimum atomic E-state index is -0.0810. The second-order valence-corrected chi connectivity index (χ2v) is 8.52. The highest BCUT2D eigenvalue weighted by atomic mass is 16.1. The van der Waals surface area contributed by atoms with Gasteiger partial charge in [-0.05, 0) is 67.1 Å². The summed E-state index contributed by atoms with van der Waals surface area (Å²) in [6.07, 6.45) is 3.25. The van der Waals surface area contributed by atoms with Crippen molar-refractivity contribution in [1.82, 2.24) is 5.32 Å². The molecule has 0 spiro atoms. The molecule has 2 atom stereocenters. The molecule has 3 nitrogen and oxygen atoms in total. The van der Waals surface area contributed by atoms with E-state index in [1.165, 1.54) is 16.3 Å². The maximum absolute atomic E-state index is 13.2. The van der Waals surface area contributed by atoms with Crippen LogP contribution in [0.1, 0.15) is 55.1 Å². The van der Waals surface area contributed by atoms with Crippen molar-refractivity contribution in [2.45, 2.75) is 45.2 Å². The Labute approximate surface area is 180 Å². The molecule has 3 heteroatoms. The lowest BCUT2D eigenvalue weighted by atomic mass is 9.99.